The Balaban J connectivity index is 2.24. The molecule has 92 valence electrons. The highest BCUT2D eigenvalue weighted by Crippen LogP contribution is 2.21. The first-order chi connectivity index (χ1) is 7.53. The van der Waals surface area contributed by atoms with E-state index in [4.69, 9.17) is 11.6 Å². The fraction of sp³-hybridized carbons (Fsp3) is 0.750. The molecular weight excluding hydrogens is 222 g/mol. The van der Waals surface area contributed by atoms with Crippen molar-refractivity contribution >= 4 is 11.6 Å². The minimum absolute atomic E-state index is 0.309. The van der Waals surface area contributed by atoms with Crippen molar-refractivity contribution in [1.29, 1.82) is 0 Å². The zero-order valence-corrected chi connectivity index (χ0v) is 11.2. The number of hydrogen-bond donors (Lipinski definition) is 1. The van der Waals surface area contributed by atoms with Gasteiger partial charge >= 0.3 is 0 Å². The zero-order chi connectivity index (χ0) is 12.0. The van der Waals surface area contributed by atoms with Crippen LogP contribution in [0.4, 0.5) is 0 Å². The van der Waals surface area contributed by atoms with Crippen LogP contribution in [-0.2, 0) is 13.6 Å². The topological polar surface area (TPSA) is 29.9 Å². The summed E-state index contributed by atoms with van der Waals surface area (Å²) in [5.74, 6) is 0.754. The summed E-state index contributed by atoms with van der Waals surface area (Å²) in [5, 5.41) is 7.77. The molecule has 3 nitrogen and oxygen atoms in total. The van der Waals surface area contributed by atoms with Gasteiger partial charge in [-0.15, -0.1) is 11.6 Å². The molecule has 16 heavy (non-hydrogen) atoms. The van der Waals surface area contributed by atoms with E-state index in [2.05, 4.69) is 24.3 Å². The van der Waals surface area contributed by atoms with Gasteiger partial charge in [-0.05, 0) is 24.3 Å². The summed E-state index contributed by atoms with van der Waals surface area (Å²) in [7, 11) is 1.94. The fourth-order valence-electron chi connectivity index (χ4n) is 1.72. The van der Waals surface area contributed by atoms with E-state index < -0.39 is 0 Å². The third-order valence-electron chi connectivity index (χ3n) is 2.67. The van der Waals surface area contributed by atoms with Crippen molar-refractivity contribution < 1.29 is 0 Å². The van der Waals surface area contributed by atoms with E-state index in [0.29, 0.717) is 5.41 Å². The average Bonchev–Trinajstić information content (AvgIpc) is 2.61. The second-order valence-corrected chi connectivity index (χ2v) is 5.42. The van der Waals surface area contributed by atoms with E-state index in [-0.39, 0.29) is 0 Å². The Kier molecular flexibility index (Phi) is 5.29. The third kappa shape index (κ3) is 4.99. The Hall–Kier alpha value is -0.540. The first-order valence-corrected chi connectivity index (χ1v) is 6.32. The molecule has 0 aliphatic heterocycles. The van der Waals surface area contributed by atoms with Crippen LogP contribution in [0.2, 0.25) is 0 Å². The minimum Gasteiger partial charge on any atom is -0.311 e. The number of nitrogens with zero attached hydrogens (tertiary/aromatic N) is 2. The molecule has 0 aromatic carbocycles. The molecule has 4 heteroatoms. The highest BCUT2D eigenvalue weighted by molar-refractivity contribution is 6.17. The molecule has 0 amide bonds. The number of rotatable bonds is 7. The van der Waals surface area contributed by atoms with Crippen molar-refractivity contribution in [3.8, 4) is 0 Å². The van der Waals surface area contributed by atoms with Crippen molar-refractivity contribution in [2.75, 3.05) is 12.4 Å². The average molecular weight is 244 g/mol. The van der Waals surface area contributed by atoms with Crippen LogP contribution in [0.3, 0.4) is 0 Å². The number of aryl methyl sites for hydroxylation is 1. The van der Waals surface area contributed by atoms with Gasteiger partial charge in [-0.25, -0.2) is 0 Å². The summed E-state index contributed by atoms with van der Waals surface area (Å²) in [6.45, 7) is 6.38. The molecule has 0 radical (unpaired) electrons. The number of hydrogen-bond acceptors (Lipinski definition) is 2. The van der Waals surface area contributed by atoms with Gasteiger partial charge < -0.3 is 5.32 Å². The molecule has 0 fully saturated rings. The van der Waals surface area contributed by atoms with Gasteiger partial charge in [-0.2, -0.15) is 5.10 Å². The van der Waals surface area contributed by atoms with Gasteiger partial charge in [0.2, 0.25) is 0 Å². The van der Waals surface area contributed by atoms with Gasteiger partial charge in [0.15, 0.2) is 0 Å². The Morgan fingerprint density at radius 3 is 2.81 bits per heavy atom. The standard InChI is InChI=1S/C12H22ClN3/c1-12(2,6-4-7-13)10-14-9-11-5-8-16(3)15-11/h5,8,14H,4,6-7,9-10H2,1-3H3. The second kappa shape index (κ2) is 6.26. The van der Waals surface area contributed by atoms with Gasteiger partial charge in [0.25, 0.3) is 0 Å². The number of halogens is 1. The quantitative estimate of drug-likeness (QED) is 0.746. The van der Waals surface area contributed by atoms with Gasteiger partial charge in [-0.3, -0.25) is 4.68 Å². The zero-order valence-electron chi connectivity index (χ0n) is 10.5. The SMILES string of the molecule is Cn1ccc(CNCC(C)(C)CCCCl)n1. The molecular formula is C12H22ClN3. The Bertz CT molecular complexity index is 307. The largest absolute Gasteiger partial charge is 0.311 e. The van der Waals surface area contributed by atoms with E-state index in [0.717, 1.165) is 37.5 Å². The van der Waals surface area contributed by atoms with Crippen molar-refractivity contribution in [3.63, 3.8) is 0 Å². The summed E-state index contributed by atoms with van der Waals surface area (Å²) >= 11 is 5.71. The Morgan fingerprint density at radius 2 is 2.25 bits per heavy atom. The smallest absolute Gasteiger partial charge is 0.0762 e. The maximum atomic E-state index is 5.71. The summed E-state index contributed by atoms with van der Waals surface area (Å²) < 4.78 is 1.83. The molecule has 1 heterocycles. The predicted molar refractivity (Wildman–Crippen MR) is 68.6 cm³/mol. The van der Waals surface area contributed by atoms with Crippen LogP contribution in [0.25, 0.3) is 0 Å². The van der Waals surface area contributed by atoms with Crippen LogP contribution >= 0.6 is 11.6 Å². The van der Waals surface area contributed by atoms with Crippen molar-refractivity contribution in [3.05, 3.63) is 18.0 Å². The summed E-state index contributed by atoms with van der Waals surface area (Å²) in [6, 6.07) is 2.04. The fourth-order valence-corrected chi connectivity index (χ4v) is 1.85. The number of alkyl halides is 1. The van der Waals surface area contributed by atoms with Gasteiger partial charge in [0, 0.05) is 32.2 Å². The lowest BCUT2D eigenvalue weighted by atomic mass is 9.88. The number of aromatic nitrogens is 2. The molecule has 0 atom stereocenters. The molecule has 1 rings (SSSR count). The van der Waals surface area contributed by atoms with Crippen molar-refractivity contribution in [2.24, 2.45) is 12.5 Å². The first-order valence-electron chi connectivity index (χ1n) is 5.79. The monoisotopic (exact) mass is 243 g/mol. The Morgan fingerprint density at radius 1 is 1.50 bits per heavy atom. The lowest BCUT2D eigenvalue weighted by Gasteiger charge is -2.24. The van der Waals surface area contributed by atoms with Crippen LogP contribution < -0.4 is 5.32 Å². The van der Waals surface area contributed by atoms with E-state index in [9.17, 15) is 0 Å². The predicted octanol–water partition coefficient (Wildman–Crippen LogP) is 2.55. The molecule has 1 aromatic heterocycles. The van der Waals surface area contributed by atoms with E-state index in [1.807, 2.05) is 24.0 Å². The molecule has 0 aliphatic rings. The van der Waals surface area contributed by atoms with E-state index in [1.165, 1.54) is 0 Å². The molecule has 1 N–H and O–H groups in total. The minimum atomic E-state index is 0.309. The van der Waals surface area contributed by atoms with Crippen molar-refractivity contribution in [2.45, 2.75) is 33.2 Å². The normalized spacial score (nSPS) is 12.0. The van der Waals surface area contributed by atoms with Crippen LogP contribution in [0.1, 0.15) is 32.4 Å². The van der Waals surface area contributed by atoms with Crippen LogP contribution in [0, 0.1) is 5.41 Å². The van der Waals surface area contributed by atoms with Gasteiger partial charge in [-0.1, -0.05) is 13.8 Å². The maximum absolute atomic E-state index is 5.71. The van der Waals surface area contributed by atoms with Crippen LogP contribution in [-0.4, -0.2) is 22.2 Å². The lowest BCUT2D eigenvalue weighted by molar-refractivity contribution is 0.310. The molecule has 0 unspecified atom stereocenters. The van der Waals surface area contributed by atoms with Crippen molar-refractivity contribution in [1.82, 2.24) is 15.1 Å². The molecule has 0 saturated heterocycles. The molecule has 0 saturated carbocycles. The lowest BCUT2D eigenvalue weighted by Crippen LogP contribution is -2.29. The summed E-state index contributed by atoms with van der Waals surface area (Å²) in [6.07, 6.45) is 4.21. The Labute approximate surface area is 103 Å². The molecule has 0 bridgehead atoms. The van der Waals surface area contributed by atoms with E-state index in [1.54, 1.807) is 0 Å². The summed E-state index contributed by atoms with van der Waals surface area (Å²) in [4.78, 5) is 0. The highest BCUT2D eigenvalue weighted by Gasteiger charge is 2.16. The summed E-state index contributed by atoms with van der Waals surface area (Å²) in [5.41, 5.74) is 1.40. The van der Waals surface area contributed by atoms with Gasteiger partial charge in [0.05, 0.1) is 5.69 Å². The number of nitrogens with one attached hydrogen (secondary N) is 1. The second-order valence-electron chi connectivity index (χ2n) is 5.04. The van der Waals surface area contributed by atoms with Crippen LogP contribution in [0.5, 0.6) is 0 Å². The maximum Gasteiger partial charge on any atom is 0.0762 e. The molecule has 0 aliphatic carbocycles. The van der Waals surface area contributed by atoms with Crippen LogP contribution in [0.15, 0.2) is 12.3 Å². The molecule has 1 aromatic rings. The molecule has 0 spiro atoms. The van der Waals surface area contributed by atoms with E-state index >= 15 is 0 Å². The highest BCUT2D eigenvalue weighted by atomic mass is 35.5. The van der Waals surface area contributed by atoms with Gasteiger partial charge in [0.1, 0.15) is 0 Å². The first kappa shape index (κ1) is 13.5. The third-order valence-corrected chi connectivity index (χ3v) is 2.93.